The number of methoxy groups -OCH3 is 1. The van der Waals surface area contributed by atoms with Crippen LogP contribution in [0.5, 0.6) is 0 Å². The van der Waals surface area contributed by atoms with Gasteiger partial charge in [0.2, 0.25) is 0 Å². The van der Waals surface area contributed by atoms with Crippen LogP contribution in [-0.2, 0) is 11.2 Å². The van der Waals surface area contributed by atoms with Gasteiger partial charge in [0, 0.05) is 65.1 Å². The maximum atomic E-state index is 12.2. The van der Waals surface area contributed by atoms with Crippen molar-refractivity contribution in [2.45, 2.75) is 166 Å². The van der Waals surface area contributed by atoms with Crippen LogP contribution in [0.2, 0.25) is 5.02 Å². The maximum absolute atomic E-state index is 12.2. The van der Waals surface area contributed by atoms with Crippen molar-refractivity contribution in [3.63, 3.8) is 0 Å². The third kappa shape index (κ3) is 21.1. The lowest BCUT2D eigenvalue weighted by atomic mass is 10.1. The van der Waals surface area contributed by atoms with Crippen molar-refractivity contribution in [1.29, 1.82) is 0 Å². The number of nitrogens with one attached hydrogen (secondary N) is 1. The number of halogens is 1. The molecule has 0 atom stereocenters. The van der Waals surface area contributed by atoms with Crippen LogP contribution in [0.3, 0.4) is 0 Å². The van der Waals surface area contributed by atoms with E-state index in [0.717, 1.165) is 41.0 Å². The van der Waals surface area contributed by atoms with Crippen LogP contribution in [-0.4, -0.2) is 142 Å². The van der Waals surface area contributed by atoms with Gasteiger partial charge in [-0.15, -0.1) is 20.4 Å². The maximum Gasteiger partial charge on any atom is 0.271 e. The zero-order chi connectivity index (χ0) is 74.2. The standard InChI is InChI=1S/C15H15N5O.C12H13ClN4O.C12H14N4O.C9H16N4O.C8H11N5.C7H12N4O.C4H10O/c1-10(2)20-9-18-12-13(16-8-17-14(12)20)19-15(21)11-6-4-3-5-7-11;1-7(2)17-11(10(12(14)18)15-16-17)8-3-5-9(13)6-4-8;1-8(2)16-11(9-6-4-3-5-7-9)10(12(13)17)14-15-16;1-4-5-7-8(9(10)14)11-12-13(7)6(2)3;1-5(2)13-4-12-6-7(9)10-3-11-8(6)13;1-4(2)11-5(3)6(7(8)12)9-10-11;1-4(2)5-3/h3-10H,1-2H3,(H,16,17,19,21);3-7H,1-2H3,(H2,14,18);3-8H,1-2H3,(H2,13,17);6H,4-5H2,1-3H3,(H2,10,14);3-5H,1-2H3,(H2,9,10,11);4H,1-3H3,(H2,8,12);4H,1-3H3. The number of carbonyl (C=O) groups is 5. The number of hydrogen-bond donors (Lipinski definition) is 6. The van der Waals surface area contributed by atoms with Crippen molar-refractivity contribution in [2.24, 2.45) is 22.9 Å². The molecule has 0 aliphatic rings. The Morgan fingerprint density at radius 1 is 0.490 bits per heavy atom. The summed E-state index contributed by atoms with van der Waals surface area (Å²) < 4.78 is 15.4. The summed E-state index contributed by atoms with van der Waals surface area (Å²) in [6.45, 7) is 31.9. The highest BCUT2D eigenvalue weighted by atomic mass is 35.5. The number of benzene rings is 3. The van der Waals surface area contributed by atoms with Gasteiger partial charge in [0.05, 0.1) is 30.1 Å². The highest BCUT2D eigenvalue weighted by Crippen LogP contribution is 2.28. The summed E-state index contributed by atoms with van der Waals surface area (Å²) in [6.07, 6.45) is 8.45. The summed E-state index contributed by atoms with van der Waals surface area (Å²) in [4.78, 5) is 81.5. The Hall–Kier alpha value is -11.3. The molecule has 100 heavy (non-hydrogen) atoms. The largest absolute Gasteiger partial charge is 0.382 e. The topological polar surface area (TPSA) is 447 Å². The Morgan fingerprint density at radius 3 is 1.31 bits per heavy atom. The van der Waals surface area contributed by atoms with E-state index in [-0.39, 0.29) is 53.2 Å². The van der Waals surface area contributed by atoms with Crippen LogP contribution in [0.15, 0.2) is 110 Å². The number of primary amides is 4. The number of nitrogen functional groups attached to an aromatic ring is 1. The number of nitrogens with zero attached hydrogens (tertiary/aromatic N) is 20. The van der Waals surface area contributed by atoms with Gasteiger partial charge >= 0.3 is 0 Å². The first-order chi connectivity index (χ1) is 47.4. The lowest BCUT2D eigenvalue weighted by Crippen LogP contribution is -2.16. The molecule has 5 amide bonds. The van der Waals surface area contributed by atoms with E-state index in [1.54, 1.807) is 69.7 Å². The lowest BCUT2D eigenvalue weighted by molar-refractivity contribution is 0.0986. The second kappa shape index (κ2) is 37.5. The van der Waals surface area contributed by atoms with Crippen LogP contribution in [0.1, 0.15) is 210 Å². The summed E-state index contributed by atoms with van der Waals surface area (Å²) >= 11 is 5.85. The van der Waals surface area contributed by atoms with Crippen LogP contribution in [0.4, 0.5) is 11.6 Å². The van der Waals surface area contributed by atoms with Crippen molar-refractivity contribution < 1.29 is 28.7 Å². The van der Waals surface area contributed by atoms with Gasteiger partial charge in [-0.2, -0.15) is 0 Å². The third-order valence-electron chi connectivity index (χ3n) is 14.2. The van der Waals surface area contributed by atoms with E-state index >= 15 is 0 Å². The van der Waals surface area contributed by atoms with Crippen molar-refractivity contribution in [3.8, 4) is 22.5 Å². The predicted molar refractivity (Wildman–Crippen MR) is 383 cm³/mol. The summed E-state index contributed by atoms with van der Waals surface area (Å²) in [6, 6.07) is 26.8. The van der Waals surface area contributed by atoms with Gasteiger partial charge in [0.25, 0.3) is 29.5 Å². The van der Waals surface area contributed by atoms with Gasteiger partial charge in [-0.1, -0.05) is 106 Å². The average molecular weight is 1390 g/mol. The molecule has 11 N–H and O–H groups in total. The van der Waals surface area contributed by atoms with E-state index in [1.807, 2.05) is 160 Å². The van der Waals surface area contributed by atoms with Gasteiger partial charge in [-0.05, 0) is 135 Å². The molecular formula is C67H91ClN26O6. The zero-order valence-corrected chi connectivity index (χ0v) is 60.3. The van der Waals surface area contributed by atoms with Crippen molar-refractivity contribution in [1.82, 2.24) is 99.0 Å². The van der Waals surface area contributed by atoms with E-state index in [2.05, 4.69) is 90.3 Å². The Balaban J connectivity index is 0.000000215. The monoisotopic (exact) mass is 1390 g/mol. The van der Waals surface area contributed by atoms with Gasteiger partial charge in [0.15, 0.2) is 51.2 Å². The number of rotatable bonds is 17. The number of carbonyl (C=O) groups excluding carboxylic acids is 5. The van der Waals surface area contributed by atoms with E-state index in [0.29, 0.717) is 68.1 Å². The second-order valence-corrected chi connectivity index (χ2v) is 24.6. The first-order valence-electron chi connectivity index (χ1n) is 32.1. The number of imidazole rings is 2. The molecule has 0 saturated carbocycles. The molecular weight excluding hydrogens is 1300 g/mol. The third-order valence-corrected chi connectivity index (χ3v) is 14.5. The molecule has 0 saturated heterocycles. The average Bonchev–Trinajstić information content (AvgIpc) is 1.56. The molecule has 3 aromatic carbocycles. The van der Waals surface area contributed by atoms with Gasteiger partial charge in [-0.25, -0.2) is 48.6 Å². The first-order valence-corrected chi connectivity index (χ1v) is 32.5. The van der Waals surface area contributed by atoms with Crippen LogP contribution in [0.25, 0.3) is 44.8 Å². The second-order valence-electron chi connectivity index (χ2n) is 24.1. The molecule has 0 unspecified atom stereocenters. The fraction of sp³-hybridized carbons (Fsp3) is 0.388. The molecule has 0 fully saturated rings. The summed E-state index contributed by atoms with van der Waals surface area (Å²) in [5.74, 6) is -1.53. The highest BCUT2D eigenvalue weighted by Gasteiger charge is 2.23. The van der Waals surface area contributed by atoms with Crippen LogP contribution >= 0.6 is 11.6 Å². The van der Waals surface area contributed by atoms with Gasteiger partial charge in [-0.3, -0.25) is 24.0 Å². The van der Waals surface area contributed by atoms with Crippen molar-refractivity contribution in [2.75, 3.05) is 18.2 Å². The summed E-state index contributed by atoms with van der Waals surface area (Å²) in [7, 11) is 1.70. The molecule has 0 bridgehead atoms. The molecule has 532 valence electrons. The Morgan fingerprint density at radius 2 is 0.890 bits per heavy atom. The van der Waals surface area contributed by atoms with E-state index < -0.39 is 23.6 Å². The molecule has 8 aromatic heterocycles. The predicted octanol–water partition coefficient (Wildman–Crippen LogP) is 9.77. The summed E-state index contributed by atoms with van der Waals surface area (Å²) in [5, 5.41) is 34.2. The van der Waals surface area contributed by atoms with E-state index in [1.165, 1.54) is 12.7 Å². The van der Waals surface area contributed by atoms with Gasteiger partial charge < -0.3 is 47.9 Å². The molecule has 11 aromatic rings. The van der Waals surface area contributed by atoms with Gasteiger partial charge in [0.1, 0.15) is 29.6 Å². The Kier molecular flexibility index (Phi) is 29.7. The minimum Gasteiger partial charge on any atom is -0.382 e. The number of amides is 5. The molecule has 0 spiro atoms. The smallest absolute Gasteiger partial charge is 0.271 e. The summed E-state index contributed by atoms with van der Waals surface area (Å²) in [5.41, 5.74) is 35.4. The number of hydrogen-bond acceptors (Lipinski definition) is 21. The first kappa shape index (κ1) is 79.4. The minimum absolute atomic E-state index is 0.0799. The number of anilines is 2. The fourth-order valence-corrected chi connectivity index (χ4v) is 9.30. The minimum atomic E-state index is -0.591. The zero-order valence-electron chi connectivity index (χ0n) is 59.5. The Bertz CT molecular complexity index is 4430. The molecule has 0 aliphatic heterocycles. The van der Waals surface area contributed by atoms with E-state index in [4.69, 9.17) is 45.0 Å². The SMILES string of the molecule is CC(C)n1cnc2c(N)ncnc21.CC(C)n1cnc2c(NC(=O)c3ccccc3)ncnc21.CC(C)n1nnc(C(N)=O)c1-c1ccc(Cl)cc1.CC(C)n1nnc(C(N)=O)c1-c1ccccc1.CCCc1c(C(N)=O)nnn1C(C)C.COC(C)C.Cc1c(C(N)=O)nnn1C(C)C. The molecule has 0 aliphatic carbocycles. The number of fused-ring (bicyclic) bond motifs is 2. The Labute approximate surface area is 584 Å². The molecule has 8 heterocycles. The molecule has 32 nitrogen and oxygen atoms in total. The van der Waals surface area contributed by atoms with E-state index in [9.17, 15) is 24.0 Å². The van der Waals surface area contributed by atoms with Crippen molar-refractivity contribution in [3.05, 3.63) is 155 Å². The number of aromatic nitrogens is 20. The number of ether oxygens (including phenoxy) is 1. The normalized spacial score (nSPS) is 10.8. The van der Waals surface area contributed by atoms with Crippen LogP contribution < -0.4 is 34.0 Å². The number of nitrogens with two attached hydrogens (primary N) is 5. The molecule has 11 rings (SSSR count). The lowest BCUT2D eigenvalue weighted by Gasteiger charge is -2.10. The molecule has 33 heteroatoms. The quantitative estimate of drug-likeness (QED) is 0.0493. The fourth-order valence-electron chi connectivity index (χ4n) is 9.17. The highest BCUT2D eigenvalue weighted by molar-refractivity contribution is 6.30. The van der Waals surface area contributed by atoms with Crippen LogP contribution in [0, 0.1) is 6.92 Å². The molecule has 0 radical (unpaired) electrons. The van der Waals surface area contributed by atoms with Crippen molar-refractivity contribution >= 4 is 75.1 Å².